The number of nitrogens with one attached hydrogen (secondary N) is 1. The average molecular weight is 383 g/mol. The quantitative estimate of drug-likeness (QED) is 0.273. The summed E-state index contributed by atoms with van der Waals surface area (Å²) in [4.78, 5) is 43.1. The fraction of sp³-hybridized carbons (Fsp3) is 0.316. The summed E-state index contributed by atoms with van der Waals surface area (Å²) < 4.78 is 0. The summed E-state index contributed by atoms with van der Waals surface area (Å²) in [5.41, 5.74) is 1.72. The van der Waals surface area contributed by atoms with Crippen LogP contribution in [-0.2, 0) is 4.79 Å². The van der Waals surface area contributed by atoms with Crippen molar-refractivity contribution in [2.24, 2.45) is 0 Å². The Morgan fingerprint density at radius 1 is 1.18 bits per heavy atom. The molecule has 0 aromatic carbocycles. The van der Waals surface area contributed by atoms with Gasteiger partial charge in [-0.3, -0.25) is 19.7 Å². The molecule has 0 atom stereocenters. The normalized spacial score (nSPS) is 16.4. The van der Waals surface area contributed by atoms with Crippen LogP contribution in [0, 0.1) is 10.1 Å². The van der Waals surface area contributed by atoms with E-state index in [0.29, 0.717) is 26.2 Å². The summed E-state index contributed by atoms with van der Waals surface area (Å²) in [6.07, 6.45) is 8.22. The maximum Gasteiger partial charge on any atom is 0.324 e. The molecule has 2 aliphatic heterocycles. The number of aromatic nitrogens is 1. The van der Waals surface area contributed by atoms with Crippen LogP contribution in [0.25, 0.3) is 0 Å². The molecule has 0 saturated carbocycles. The molecule has 2 aliphatic rings. The smallest absolute Gasteiger partial charge is 0.324 e. The summed E-state index contributed by atoms with van der Waals surface area (Å²) in [7, 11) is 1.52. The predicted octanol–water partition coefficient (Wildman–Crippen LogP) is 1.76. The van der Waals surface area contributed by atoms with Gasteiger partial charge in [-0.2, -0.15) is 0 Å². The van der Waals surface area contributed by atoms with Crippen molar-refractivity contribution in [3.63, 3.8) is 0 Å². The first-order chi connectivity index (χ1) is 13.5. The van der Waals surface area contributed by atoms with E-state index in [1.54, 1.807) is 22.0 Å². The van der Waals surface area contributed by atoms with Crippen molar-refractivity contribution in [2.75, 3.05) is 38.5 Å². The van der Waals surface area contributed by atoms with Crippen LogP contribution in [0.15, 0.2) is 47.7 Å². The Morgan fingerprint density at radius 2 is 1.82 bits per heavy atom. The zero-order valence-electron chi connectivity index (χ0n) is 15.7. The first kappa shape index (κ1) is 19.3. The number of pyridine rings is 1. The Balaban J connectivity index is 1.70. The van der Waals surface area contributed by atoms with Gasteiger partial charge in [-0.25, -0.2) is 4.98 Å². The molecule has 2 amide bonds. The van der Waals surface area contributed by atoms with E-state index in [9.17, 15) is 19.7 Å². The predicted molar refractivity (Wildman–Crippen MR) is 104 cm³/mol. The maximum absolute atomic E-state index is 12.9. The van der Waals surface area contributed by atoms with E-state index in [-0.39, 0.29) is 23.0 Å². The highest BCUT2D eigenvalue weighted by Crippen LogP contribution is 2.31. The molecule has 0 spiro atoms. The van der Waals surface area contributed by atoms with E-state index in [1.807, 2.05) is 13.0 Å². The Kier molecular flexibility index (Phi) is 5.53. The fourth-order valence-electron chi connectivity index (χ4n) is 3.40. The molecular weight excluding hydrogens is 362 g/mol. The lowest BCUT2D eigenvalue weighted by Crippen LogP contribution is -2.36. The molecule has 1 N–H and O–H groups in total. The number of amides is 2. The van der Waals surface area contributed by atoms with Crippen LogP contribution in [0.1, 0.15) is 17.3 Å². The van der Waals surface area contributed by atoms with Gasteiger partial charge in [0.15, 0.2) is 0 Å². The number of anilines is 1. The van der Waals surface area contributed by atoms with Crippen LogP contribution in [0.2, 0.25) is 0 Å². The minimum atomic E-state index is -0.596. The number of carbonyl (C=O) groups excluding carboxylic acids is 2. The van der Waals surface area contributed by atoms with Crippen molar-refractivity contribution < 1.29 is 14.5 Å². The van der Waals surface area contributed by atoms with Crippen molar-refractivity contribution in [3.8, 4) is 0 Å². The van der Waals surface area contributed by atoms with Crippen molar-refractivity contribution in [3.05, 3.63) is 63.4 Å². The van der Waals surface area contributed by atoms with Crippen molar-refractivity contribution in [1.82, 2.24) is 14.8 Å². The molecule has 0 aliphatic carbocycles. The summed E-state index contributed by atoms with van der Waals surface area (Å²) in [6, 6.07) is 1.37. The Hall–Kier alpha value is -3.49. The Morgan fingerprint density at radius 3 is 2.39 bits per heavy atom. The van der Waals surface area contributed by atoms with E-state index < -0.39 is 10.8 Å². The molecule has 9 nitrogen and oxygen atoms in total. The second-order valence-corrected chi connectivity index (χ2v) is 6.51. The molecule has 9 heteroatoms. The molecule has 0 radical (unpaired) electrons. The highest BCUT2D eigenvalue weighted by Gasteiger charge is 2.36. The zero-order chi connectivity index (χ0) is 20.3. The highest BCUT2D eigenvalue weighted by atomic mass is 16.6. The van der Waals surface area contributed by atoms with Crippen molar-refractivity contribution in [2.45, 2.75) is 6.92 Å². The first-order valence-corrected chi connectivity index (χ1v) is 8.84. The van der Waals surface area contributed by atoms with Crippen LogP contribution < -0.4 is 5.32 Å². The molecule has 3 heterocycles. The molecule has 0 saturated heterocycles. The fourth-order valence-corrected chi connectivity index (χ4v) is 3.40. The number of carbonyl (C=O) groups is 2. The molecule has 1 aromatic rings. The van der Waals surface area contributed by atoms with Crippen LogP contribution in [-0.4, -0.2) is 64.7 Å². The minimum absolute atomic E-state index is 0.00717. The van der Waals surface area contributed by atoms with E-state index in [4.69, 9.17) is 0 Å². The van der Waals surface area contributed by atoms with E-state index in [2.05, 4.69) is 10.3 Å². The van der Waals surface area contributed by atoms with Gasteiger partial charge >= 0.3 is 5.69 Å². The zero-order valence-corrected chi connectivity index (χ0v) is 15.7. The molecule has 0 fully saturated rings. The number of nitro groups is 1. The molecule has 146 valence electrons. The summed E-state index contributed by atoms with van der Waals surface area (Å²) in [5.74, 6) is -0.431. The van der Waals surface area contributed by atoms with Gasteiger partial charge in [0, 0.05) is 45.5 Å². The molecule has 1 aromatic heterocycles. The number of rotatable bonds is 5. The standard InChI is InChI=1S/C19H21N5O4/c1-3-4-5-6-16(25)22-9-13-11-23(12-14(13)10-22)19(26)15-7-8-21-18(20-2)17(15)24(27)28/h3-8H,9-12H2,1-2H3,(H,20,21)/b4-3+,6-5+. The Bertz CT molecular complexity index is 901. The van der Waals surface area contributed by atoms with Gasteiger partial charge in [-0.15, -0.1) is 0 Å². The van der Waals surface area contributed by atoms with Crippen molar-refractivity contribution in [1.29, 1.82) is 0 Å². The van der Waals surface area contributed by atoms with Crippen LogP contribution in [0.4, 0.5) is 11.5 Å². The van der Waals surface area contributed by atoms with Gasteiger partial charge in [0.25, 0.3) is 5.91 Å². The lowest BCUT2D eigenvalue weighted by Gasteiger charge is -2.22. The average Bonchev–Trinajstić information content (AvgIpc) is 3.26. The summed E-state index contributed by atoms with van der Waals surface area (Å²) in [6.45, 7) is 3.55. The van der Waals surface area contributed by atoms with Gasteiger partial charge in [0.2, 0.25) is 11.7 Å². The third-order valence-corrected chi connectivity index (χ3v) is 4.74. The second-order valence-electron chi connectivity index (χ2n) is 6.51. The SMILES string of the molecule is C/C=C/C=C/C(=O)N1CC2=C(C1)CN(C(=O)c1ccnc(NC)c1[N+](=O)[O-])C2. The number of nitrogens with zero attached hydrogens (tertiary/aromatic N) is 4. The molecule has 3 rings (SSSR count). The highest BCUT2D eigenvalue weighted by molar-refractivity contribution is 6.00. The number of hydrogen-bond acceptors (Lipinski definition) is 6. The lowest BCUT2D eigenvalue weighted by atomic mass is 10.2. The lowest BCUT2D eigenvalue weighted by molar-refractivity contribution is -0.384. The van der Waals surface area contributed by atoms with Crippen LogP contribution >= 0.6 is 0 Å². The first-order valence-electron chi connectivity index (χ1n) is 8.84. The third kappa shape index (κ3) is 3.64. The third-order valence-electron chi connectivity index (χ3n) is 4.74. The Labute approximate surface area is 162 Å². The molecule has 0 bridgehead atoms. The summed E-state index contributed by atoms with van der Waals surface area (Å²) >= 11 is 0. The molecule has 28 heavy (non-hydrogen) atoms. The maximum atomic E-state index is 12.9. The second kappa shape index (κ2) is 8.03. The monoisotopic (exact) mass is 383 g/mol. The van der Waals surface area contributed by atoms with Crippen molar-refractivity contribution >= 4 is 23.3 Å². The van der Waals surface area contributed by atoms with E-state index in [1.165, 1.54) is 25.4 Å². The van der Waals surface area contributed by atoms with Crippen LogP contribution in [0.3, 0.4) is 0 Å². The number of allylic oxidation sites excluding steroid dienone is 3. The summed E-state index contributed by atoms with van der Waals surface area (Å²) in [5, 5.41) is 14.1. The molecule has 0 unspecified atom stereocenters. The van der Waals surface area contributed by atoms with Gasteiger partial charge in [0.05, 0.1) is 4.92 Å². The van der Waals surface area contributed by atoms with E-state index in [0.717, 1.165) is 11.1 Å². The van der Waals surface area contributed by atoms with Gasteiger partial charge in [0.1, 0.15) is 5.56 Å². The molecular formula is C19H21N5O4. The number of hydrogen-bond donors (Lipinski definition) is 1. The minimum Gasteiger partial charge on any atom is -0.367 e. The van der Waals surface area contributed by atoms with Gasteiger partial charge < -0.3 is 15.1 Å². The van der Waals surface area contributed by atoms with Gasteiger partial charge in [-0.1, -0.05) is 18.2 Å². The van der Waals surface area contributed by atoms with Gasteiger partial charge in [-0.05, 0) is 24.1 Å². The van der Waals surface area contributed by atoms with Crippen LogP contribution in [0.5, 0.6) is 0 Å². The van der Waals surface area contributed by atoms with E-state index >= 15 is 0 Å². The largest absolute Gasteiger partial charge is 0.367 e. The topological polar surface area (TPSA) is 109 Å².